The van der Waals surface area contributed by atoms with E-state index in [9.17, 15) is 14.4 Å². The second kappa shape index (κ2) is 5.92. The predicted octanol–water partition coefficient (Wildman–Crippen LogP) is 1.88. The lowest BCUT2D eigenvalue weighted by Crippen LogP contribution is -2.32. The molecular formula is C17H14N2O4. The maximum Gasteiger partial charge on any atom is 0.328 e. The van der Waals surface area contributed by atoms with Gasteiger partial charge in [0.15, 0.2) is 0 Å². The zero-order chi connectivity index (χ0) is 16.4. The lowest BCUT2D eigenvalue weighted by atomic mass is 10.1. The summed E-state index contributed by atoms with van der Waals surface area (Å²) in [5, 5.41) is 8.68. The van der Waals surface area contributed by atoms with Crippen LogP contribution < -0.4 is 0 Å². The topological polar surface area (TPSA) is 79.6 Å². The van der Waals surface area contributed by atoms with Crippen LogP contribution in [0.4, 0.5) is 0 Å². The first-order valence-electron chi connectivity index (χ1n) is 7.09. The van der Waals surface area contributed by atoms with Crippen LogP contribution in [0.25, 0.3) is 6.08 Å². The number of carbonyl (C=O) groups is 3. The SMILES string of the molecule is O=C(O)/C=C/c1cccn1CCN1C(=O)c2ccccc2C1=O. The van der Waals surface area contributed by atoms with Crippen molar-refractivity contribution >= 4 is 23.9 Å². The standard InChI is InChI=1S/C17H14N2O4/c20-15(21)8-7-12-4-3-9-18(12)10-11-19-16(22)13-5-1-2-6-14(13)17(19)23/h1-9H,10-11H2,(H,20,21)/b8-7+. The normalized spacial score (nSPS) is 13.8. The molecule has 3 rings (SSSR count). The molecule has 0 aliphatic carbocycles. The smallest absolute Gasteiger partial charge is 0.328 e. The highest BCUT2D eigenvalue weighted by Gasteiger charge is 2.34. The zero-order valence-corrected chi connectivity index (χ0v) is 12.2. The van der Waals surface area contributed by atoms with Gasteiger partial charge in [-0.15, -0.1) is 0 Å². The van der Waals surface area contributed by atoms with Gasteiger partial charge in [-0.25, -0.2) is 4.79 Å². The van der Waals surface area contributed by atoms with Crippen LogP contribution in [0.1, 0.15) is 26.4 Å². The van der Waals surface area contributed by atoms with Gasteiger partial charge in [0.05, 0.1) is 11.1 Å². The Balaban J connectivity index is 1.73. The maximum absolute atomic E-state index is 12.3. The molecule has 0 atom stereocenters. The first kappa shape index (κ1) is 14.8. The molecule has 0 saturated heterocycles. The molecule has 2 aromatic rings. The van der Waals surface area contributed by atoms with E-state index in [1.807, 2.05) is 0 Å². The van der Waals surface area contributed by atoms with E-state index in [1.165, 1.54) is 11.0 Å². The third-order valence-corrected chi connectivity index (χ3v) is 3.70. The number of aliphatic carboxylic acids is 1. The Morgan fingerprint density at radius 3 is 2.26 bits per heavy atom. The van der Waals surface area contributed by atoms with E-state index in [1.54, 1.807) is 47.2 Å². The number of rotatable bonds is 5. The molecule has 23 heavy (non-hydrogen) atoms. The zero-order valence-electron chi connectivity index (χ0n) is 12.2. The molecule has 1 aromatic carbocycles. The number of carboxylic acid groups (broad SMARTS) is 1. The summed E-state index contributed by atoms with van der Waals surface area (Å²) in [6.45, 7) is 0.632. The van der Waals surface area contributed by atoms with Gasteiger partial charge in [0.2, 0.25) is 0 Å². The Bertz CT molecular complexity index is 785. The molecule has 1 aliphatic rings. The van der Waals surface area contributed by atoms with Gasteiger partial charge in [-0.2, -0.15) is 0 Å². The fourth-order valence-corrected chi connectivity index (χ4v) is 2.59. The Hall–Kier alpha value is -3.15. The number of amides is 2. The van der Waals surface area contributed by atoms with E-state index in [-0.39, 0.29) is 18.4 Å². The summed E-state index contributed by atoms with van der Waals surface area (Å²) < 4.78 is 1.79. The molecule has 1 aromatic heterocycles. The third-order valence-electron chi connectivity index (χ3n) is 3.70. The van der Waals surface area contributed by atoms with Crippen LogP contribution in [-0.2, 0) is 11.3 Å². The van der Waals surface area contributed by atoms with Crippen LogP contribution in [0.5, 0.6) is 0 Å². The second-order valence-corrected chi connectivity index (χ2v) is 5.11. The fourth-order valence-electron chi connectivity index (χ4n) is 2.59. The van der Waals surface area contributed by atoms with Crippen LogP contribution in [0, 0.1) is 0 Å². The van der Waals surface area contributed by atoms with Crippen molar-refractivity contribution in [1.82, 2.24) is 9.47 Å². The summed E-state index contributed by atoms with van der Waals surface area (Å²) in [7, 11) is 0. The molecule has 6 heteroatoms. The number of aromatic nitrogens is 1. The van der Waals surface area contributed by atoms with Gasteiger partial charge in [-0.1, -0.05) is 12.1 Å². The molecule has 0 spiro atoms. The van der Waals surface area contributed by atoms with Gasteiger partial charge < -0.3 is 9.67 Å². The van der Waals surface area contributed by atoms with Gasteiger partial charge in [0.25, 0.3) is 11.8 Å². The van der Waals surface area contributed by atoms with Crippen LogP contribution in [0.15, 0.2) is 48.7 Å². The van der Waals surface area contributed by atoms with Gasteiger partial charge in [-0.05, 0) is 30.3 Å². The Kier molecular flexibility index (Phi) is 3.80. The second-order valence-electron chi connectivity index (χ2n) is 5.11. The number of hydrogen-bond acceptors (Lipinski definition) is 3. The summed E-state index contributed by atoms with van der Waals surface area (Å²) in [4.78, 5) is 36.4. The monoisotopic (exact) mass is 310 g/mol. The van der Waals surface area contributed by atoms with E-state index >= 15 is 0 Å². The molecule has 2 amide bonds. The number of imide groups is 1. The van der Waals surface area contributed by atoms with Crippen molar-refractivity contribution in [2.45, 2.75) is 6.54 Å². The van der Waals surface area contributed by atoms with Crippen LogP contribution in [0.3, 0.4) is 0 Å². The molecule has 0 unspecified atom stereocenters. The van der Waals surface area contributed by atoms with Crippen molar-refractivity contribution in [1.29, 1.82) is 0 Å². The molecule has 116 valence electrons. The first-order chi connectivity index (χ1) is 11.1. The van der Waals surface area contributed by atoms with Crippen LogP contribution in [0.2, 0.25) is 0 Å². The molecule has 0 radical (unpaired) electrons. The lowest BCUT2D eigenvalue weighted by molar-refractivity contribution is -0.131. The van der Waals surface area contributed by atoms with E-state index in [4.69, 9.17) is 5.11 Å². The van der Waals surface area contributed by atoms with Gasteiger partial charge >= 0.3 is 5.97 Å². The van der Waals surface area contributed by atoms with Gasteiger partial charge in [0, 0.05) is 31.1 Å². The van der Waals surface area contributed by atoms with Gasteiger partial charge in [0.1, 0.15) is 0 Å². The maximum atomic E-state index is 12.3. The fraction of sp³-hybridized carbons (Fsp3) is 0.118. The molecule has 1 N–H and O–H groups in total. The number of benzene rings is 1. The van der Waals surface area contributed by atoms with Crippen LogP contribution >= 0.6 is 0 Å². The first-order valence-corrected chi connectivity index (χ1v) is 7.09. The van der Waals surface area contributed by atoms with Crippen LogP contribution in [-0.4, -0.2) is 38.9 Å². The average Bonchev–Trinajstić information content (AvgIpc) is 3.08. The summed E-state index contributed by atoms with van der Waals surface area (Å²) in [5.41, 5.74) is 1.55. The summed E-state index contributed by atoms with van der Waals surface area (Å²) in [6, 6.07) is 10.3. The van der Waals surface area contributed by atoms with Crippen molar-refractivity contribution in [3.05, 3.63) is 65.5 Å². The Morgan fingerprint density at radius 1 is 1.00 bits per heavy atom. The molecular weight excluding hydrogens is 296 g/mol. The Labute approximate surface area is 132 Å². The van der Waals surface area contributed by atoms with E-state index in [0.717, 1.165) is 6.08 Å². The van der Waals surface area contributed by atoms with Crippen molar-refractivity contribution in [3.8, 4) is 0 Å². The number of hydrogen-bond donors (Lipinski definition) is 1. The van der Waals surface area contributed by atoms with Crippen molar-refractivity contribution < 1.29 is 19.5 Å². The predicted molar refractivity (Wildman–Crippen MR) is 82.9 cm³/mol. The van der Waals surface area contributed by atoms with E-state index < -0.39 is 5.97 Å². The molecule has 2 heterocycles. The highest BCUT2D eigenvalue weighted by molar-refractivity contribution is 6.21. The van der Waals surface area contributed by atoms with Crippen molar-refractivity contribution in [3.63, 3.8) is 0 Å². The minimum atomic E-state index is -1.03. The summed E-state index contributed by atoms with van der Waals surface area (Å²) in [5.74, 6) is -1.61. The largest absolute Gasteiger partial charge is 0.478 e. The number of nitrogens with zero attached hydrogens (tertiary/aromatic N) is 2. The minimum Gasteiger partial charge on any atom is -0.478 e. The quantitative estimate of drug-likeness (QED) is 0.675. The Morgan fingerprint density at radius 2 is 1.65 bits per heavy atom. The number of fused-ring (bicyclic) bond motifs is 1. The minimum absolute atomic E-state index is 0.231. The lowest BCUT2D eigenvalue weighted by Gasteiger charge is -2.15. The van der Waals surface area contributed by atoms with Crippen molar-refractivity contribution in [2.24, 2.45) is 0 Å². The average molecular weight is 310 g/mol. The van der Waals surface area contributed by atoms with Gasteiger partial charge in [-0.3, -0.25) is 14.5 Å². The molecule has 1 aliphatic heterocycles. The number of carbonyl (C=O) groups excluding carboxylic acids is 2. The van der Waals surface area contributed by atoms with E-state index in [0.29, 0.717) is 23.4 Å². The highest BCUT2D eigenvalue weighted by Crippen LogP contribution is 2.22. The van der Waals surface area contributed by atoms with Crippen molar-refractivity contribution in [2.75, 3.05) is 6.54 Å². The number of carboxylic acids is 1. The molecule has 6 nitrogen and oxygen atoms in total. The summed E-state index contributed by atoms with van der Waals surface area (Å²) in [6.07, 6.45) is 4.30. The summed E-state index contributed by atoms with van der Waals surface area (Å²) >= 11 is 0. The molecule has 0 fully saturated rings. The van der Waals surface area contributed by atoms with E-state index in [2.05, 4.69) is 0 Å². The highest BCUT2D eigenvalue weighted by atomic mass is 16.4. The molecule has 0 saturated carbocycles. The molecule has 0 bridgehead atoms. The third kappa shape index (κ3) is 2.78.